The first-order valence-electron chi connectivity index (χ1n) is 6.37. The number of aliphatic hydroxyl groups is 1. The van der Waals surface area contributed by atoms with E-state index in [1.165, 1.54) is 0 Å². The van der Waals surface area contributed by atoms with Gasteiger partial charge < -0.3 is 9.84 Å². The van der Waals surface area contributed by atoms with Gasteiger partial charge in [-0.05, 0) is 49.9 Å². The van der Waals surface area contributed by atoms with Crippen LogP contribution in [0.15, 0.2) is 18.2 Å². The third kappa shape index (κ3) is 2.62. The van der Waals surface area contributed by atoms with Gasteiger partial charge in [0.2, 0.25) is 0 Å². The molecule has 1 aliphatic heterocycles. The Morgan fingerprint density at radius 2 is 2.05 bits per heavy atom. The number of sulfone groups is 1. The van der Waals surface area contributed by atoms with Crippen LogP contribution < -0.4 is 4.74 Å². The van der Waals surface area contributed by atoms with Gasteiger partial charge in [-0.1, -0.05) is 6.07 Å². The molecule has 1 aromatic rings. The number of hydrogen-bond donors (Lipinski definition) is 1. The zero-order chi connectivity index (χ0) is 14.3. The summed E-state index contributed by atoms with van der Waals surface area (Å²) in [5, 5.41) is 10.4. The van der Waals surface area contributed by atoms with Crippen LogP contribution in [0.3, 0.4) is 0 Å². The van der Waals surface area contributed by atoms with Crippen molar-refractivity contribution in [1.82, 2.24) is 0 Å². The van der Waals surface area contributed by atoms with Crippen molar-refractivity contribution in [2.24, 2.45) is 0 Å². The van der Waals surface area contributed by atoms with Crippen molar-refractivity contribution in [3.8, 4) is 5.75 Å². The van der Waals surface area contributed by atoms with Gasteiger partial charge in [0, 0.05) is 6.26 Å². The Morgan fingerprint density at radius 1 is 1.37 bits per heavy atom. The standard InChI is InChI=1S/C14H20O4S/c1-14(2,19(3,16)17)13(15)11-6-7-12-10(9-11)5-4-8-18-12/h6-7,9,13,15H,4-5,8H2,1-3H3. The second-order valence-corrected chi connectivity index (χ2v) is 8.19. The molecule has 0 saturated heterocycles. The van der Waals surface area contributed by atoms with E-state index in [2.05, 4.69) is 0 Å². The summed E-state index contributed by atoms with van der Waals surface area (Å²) in [5.74, 6) is 0.833. The van der Waals surface area contributed by atoms with Crippen LogP contribution in [0, 0.1) is 0 Å². The highest BCUT2D eigenvalue weighted by Gasteiger charge is 2.39. The largest absolute Gasteiger partial charge is 0.493 e. The zero-order valence-corrected chi connectivity index (χ0v) is 12.3. The van der Waals surface area contributed by atoms with Crippen molar-refractivity contribution < 1.29 is 18.3 Å². The fourth-order valence-corrected chi connectivity index (χ4v) is 2.70. The fourth-order valence-electron chi connectivity index (χ4n) is 2.15. The van der Waals surface area contributed by atoms with Crippen molar-refractivity contribution in [1.29, 1.82) is 0 Å². The maximum absolute atomic E-state index is 11.8. The average Bonchev–Trinajstić information content (AvgIpc) is 2.36. The molecule has 1 heterocycles. The van der Waals surface area contributed by atoms with Gasteiger partial charge in [0.15, 0.2) is 9.84 Å². The number of hydrogen-bond acceptors (Lipinski definition) is 4. The number of ether oxygens (including phenoxy) is 1. The quantitative estimate of drug-likeness (QED) is 0.920. The topological polar surface area (TPSA) is 63.6 Å². The van der Waals surface area contributed by atoms with E-state index in [1.54, 1.807) is 19.9 Å². The highest BCUT2D eigenvalue weighted by molar-refractivity contribution is 7.92. The van der Waals surface area contributed by atoms with Crippen LogP contribution in [-0.4, -0.2) is 31.1 Å². The number of benzene rings is 1. The molecule has 106 valence electrons. The van der Waals surface area contributed by atoms with E-state index in [0.717, 1.165) is 30.4 Å². The highest BCUT2D eigenvalue weighted by atomic mass is 32.2. The Morgan fingerprint density at radius 3 is 2.68 bits per heavy atom. The Bertz CT molecular complexity index is 575. The first-order valence-corrected chi connectivity index (χ1v) is 8.26. The molecule has 0 aliphatic carbocycles. The Hall–Kier alpha value is -1.07. The van der Waals surface area contributed by atoms with Crippen LogP contribution in [-0.2, 0) is 16.3 Å². The molecule has 1 aromatic carbocycles. The van der Waals surface area contributed by atoms with Gasteiger partial charge in [-0.3, -0.25) is 0 Å². The molecule has 1 unspecified atom stereocenters. The molecule has 0 spiro atoms. The summed E-state index contributed by atoms with van der Waals surface area (Å²) < 4.78 is 27.8. The maximum Gasteiger partial charge on any atom is 0.155 e. The van der Waals surface area contributed by atoms with Gasteiger partial charge in [-0.15, -0.1) is 0 Å². The third-order valence-corrected chi connectivity index (χ3v) is 6.00. The SMILES string of the molecule is CC(C)(C(O)c1ccc2c(c1)CCCO2)S(C)(=O)=O. The summed E-state index contributed by atoms with van der Waals surface area (Å²) >= 11 is 0. The summed E-state index contributed by atoms with van der Waals surface area (Å²) in [7, 11) is -3.35. The first kappa shape index (κ1) is 14.3. The van der Waals surface area contributed by atoms with E-state index in [1.807, 2.05) is 12.1 Å². The number of rotatable bonds is 3. The highest BCUT2D eigenvalue weighted by Crippen LogP contribution is 2.35. The molecular formula is C14H20O4S. The molecule has 1 aliphatic rings. The molecule has 0 bridgehead atoms. The van der Waals surface area contributed by atoms with Crippen molar-refractivity contribution >= 4 is 9.84 Å². The zero-order valence-electron chi connectivity index (χ0n) is 11.5. The molecule has 5 heteroatoms. The van der Waals surface area contributed by atoms with Crippen LogP contribution in [0.25, 0.3) is 0 Å². The fraction of sp³-hybridized carbons (Fsp3) is 0.571. The van der Waals surface area contributed by atoms with Crippen molar-refractivity contribution in [2.75, 3.05) is 12.9 Å². The second-order valence-electron chi connectivity index (χ2n) is 5.60. The first-order chi connectivity index (χ1) is 8.73. The van der Waals surface area contributed by atoms with E-state index >= 15 is 0 Å². The van der Waals surface area contributed by atoms with Gasteiger partial charge in [-0.25, -0.2) is 8.42 Å². The van der Waals surface area contributed by atoms with E-state index in [4.69, 9.17) is 4.74 Å². The van der Waals surface area contributed by atoms with Crippen LogP contribution in [0.2, 0.25) is 0 Å². The summed E-state index contributed by atoms with van der Waals surface area (Å²) in [6.45, 7) is 3.80. The lowest BCUT2D eigenvalue weighted by molar-refractivity contribution is 0.139. The van der Waals surface area contributed by atoms with Crippen molar-refractivity contribution in [2.45, 2.75) is 37.5 Å². The number of fused-ring (bicyclic) bond motifs is 1. The molecule has 2 rings (SSSR count). The molecule has 1 atom stereocenters. The van der Waals surface area contributed by atoms with E-state index in [-0.39, 0.29) is 0 Å². The Kier molecular flexibility index (Phi) is 3.62. The summed E-state index contributed by atoms with van der Waals surface area (Å²) in [6.07, 6.45) is 1.95. The monoisotopic (exact) mass is 284 g/mol. The molecule has 0 aromatic heterocycles. The van der Waals surface area contributed by atoms with Gasteiger partial charge >= 0.3 is 0 Å². The van der Waals surface area contributed by atoms with E-state index in [0.29, 0.717) is 12.2 Å². The molecule has 0 radical (unpaired) electrons. The molecule has 1 N–H and O–H groups in total. The van der Waals surface area contributed by atoms with Gasteiger partial charge in [0.05, 0.1) is 17.5 Å². The normalized spacial score (nSPS) is 17.5. The molecule has 19 heavy (non-hydrogen) atoms. The minimum absolute atomic E-state index is 0.625. The Balaban J connectivity index is 2.37. The predicted molar refractivity (Wildman–Crippen MR) is 74.1 cm³/mol. The molecule has 0 amide bonds. The smallest absolute Gasteiger partial charge is 0.155 e. The number of aliphatic hydroxyl groups excluding tert-OH is 1. The molecule has 0 saturated carbocycles. The van der Waals surface area contributed by atoms with Gasteiger partial charge in [0.1, 0.15) is 5.75 Å². The molecule has 4 nitrogen and oxygen atoms in total. The lowest BCUT2D eigenvalue weighted by atomic mass is 9.94. The van der Waals surface area contributed by atoms with Crippen LogP contribution in [0.4, 0.5) is 0 Å². The lowest BCUT2D eigenvalue weighted by Gasteiger charge is -2.29. The maximum atomic E-state index is 11.8. The minimum Gasteiger partial charge on any atom is -0.493 e. The molecule has 0 fully saturated rings. The summed E-state index contributed by atoms with van der Waals surface area (Å²) in [4.78, 5) is 0. The predicted octanol–water partition coefficient (Wildman–Crippen LogP) is 1.87. The van der Waals surface area contributed by atoms with Crippen molar-refractivity contribution in [3.63, 3.8) is 0 Å². The third-order valence-electron chi connectivity index (χ3n) is 3.86. The van der Waals surface area contributed by atoms with E-state index in [9.17, 15) is 13.5 Å². The van der Waals surface area contributed by atoms with Crippen molar-refractivity contribution in [3.05, 3.63) is 29.3 Å². The molecular weight excluding hydrogens is 264 g/mol. The average molecular weight is 284 g/mol. The lowest BCUT2D eigenvalue weighted by Crippen LogP contribution is -2.37. The minimum atomic E-state index is -3.35. The summed E-state index contributed by atoms with van der Waals surface area (Å²) in [5.41, 5.74) is 1.66. The van der Waals surface area contributed by atoms with Gasteiger partial charge in [-0.2, -0.15) is 0 Å². The van der Waals surface area contributed by atoms with E-state index < -0.39 is 20.7 Å². The summed E-state index contributed by atoms with van der Waals surface area (Å²) in [6, 6.07) is 5.40. The second kappa shape index (κ2) is 4.80. The Labute approximate surface area is 114 Å². The van der Waals surface area contributed by atoms with Crippen LogP contribution in [0.1, 0.15) is 37.5 Å². The van der Waals surface area contributed by atoms with Crippen LogP contribution >= 0.6 is 0 Å². The van der Waals surface area contributed by atoms with Gasteiger partial charge in [0.25, 0.3) is 0 Å². The number of aryl methyl sites for hydroxylation is 1. The van der Waals surface area contributed by atoms with Crippen LogP contribution in [0.5, 0.6) is 5.75 Å².